The maximum atomic E-state index is 13.8. The van der Waals surface area contributed by atoms with Crippen LogP contribution in [0.25, 0.3) is 0 Å². The van der Waals surface area contributed by atoms with Crippen LogP contribution in [0.5, 0.6) is 5.75 Å². The van der Waals surface area contributed by atoms with Gasteiger partial charge in [-0.05, 0) is 43.9 Å². The van der Waals surface area contributed by atoms with E-state index in [2.05, 4.69) is 10.3 Å². The third-order valence-corrected chi connectivity index (χ3v) is 3.37. The zero-order valence-electron chi connectivity index (χ0n) is 14.6. The van der Waals surface area contributed by atoms with Crippen molar-refractivity contribution in [2.45, 2.75) is 13.1 Å². The molecule has 0 unspecified atom stereocenters. The van der Waals surface area contributed by atoms with Crippen molar-refractivity contribution in [1.82, 2.24) is 4.90 Å². The van der Waals surface area contributed by atoms with Crippen molar-refractivity contribution in [3.05, 3.63) is 59.4 Å². The van der Waals surface area contributed by atoms with Crippen molar-refractivity contribution in [2.75, 3.05) is 26.5 Å². The van der Waals surface area contributed by atoms with Gasteiger partial charge < -0.3 is 20.7 Å². The molecule has 2 aromatic carbocycles. The van der Waals surface area contributed by atoms with Gasteiger partial charge >= 0.3 is 0 Å². The van der Waals surface area contributed by atoms with E-state index in [9.17, 15) is 4.39 Å². The van der Waals surface area contributed by atoms with Gasteiger partial charge in [-0.1, -0.05) is 12.1 Å². The summed E-state index contributed by atoms with van der Waals surface area (Å²) in [5.41, 5.74) is 8.26. The molecule has 0 heterocycles. The number of hydrogen-bond acceptors (Lipinski definition) is 3. The first kappa shape index (κ1) is 21.2. The topological polar surface area (TPSA) is 62.9 Å². The molecule has 0 atom stereocenters. The summed E-state index contributed by atoms with van der Waals surface area (Å²) in [5.74, 6) is 0.820. The summed E-state index contributed by atoms with van der Waals surface area (Å²) in [6.07, 6.45) is 0. The lowest BCUT2D eigenvalue weighted by molar-refractivity contribution is 0.392. The third-order valence-electron chi connectivity index (χ3n) is 3.37. The van der Waals surface area contributed by atoms with Crippen LogP contribution >= 0.6 is 24.0 Å². The van der Waals surface area contributed by atoms with Crippen LogP contribution in [-0.4, -0.2) is 32.1 Å². The van der Waals surface area contributed by atoms with Crippen LogP contribution in [0.15, 0.2) is 47.5 Å². The number of benzene rings is 2. The number of guanidine groups is 1. The maximum Gasteiger partial charge on any atom is 0.193 e. The number of nitrogens with zero attached hydrogens (tertiary/aromatic N) is 2. The number of anilines is 1. The van der Waals surface area contributed by atoms with Gasteiger partial charge in [0.05, 0.1) is 13.7 Å². The molecule has 0 radical (unpaired) electrons. The van der Waals surface area contributed by atoms with Crippen molar-refractivity contribution in [3.8, 4) is 5.75 Å². The highest BCUT2D eigenvalue weighted by Gasteiger charge is 2.05. The van der Waals surface area contributed by atoms with E-state index in [4.69, 9.17) is 10.5 Å². The molecule has 25 heavy (non-hydrogen) atoms. The second-order valence-corrected chi connectivity index (χ2v) is 5.72. The molecule has 0 bridgehead atoms. The first-order chi connectivity index (χ1) is 11.5. The van der Waals surface area contributed by atoms with Gasteiger partial charge in [-0.15, -0.1) is 24.0 Å². The van der Waals surface area contributed by atoms with E-state index in [1.165, 1.54) is 6.07 Å². The molecule has 2 rings (SSSR count). The normalized spacial score (nSPS) is 11.2. The number of nitrogens with two attached hydrogens (primary N) is 1. The lowest BCUT2D eigenvalue weighted by Crippen LogP contribution is -2.22. The highest BCUT2D eigenvalue weighted by Crippen LogP contribution is 2.16. The molecule has 0 aliphatic rings. The molecule has 0 aliphatic heterocycles. The Hall–Kier alpha value is -1.87. The molecule has 0 aromatic heterocycles. The zero-order valence-corrected chi connectivity index (χ0v) is 17.0. The monoisotopic (exact) mass is 458 g/mol. The summed E-state index contributed by atoms with van der Waals surface area (Å²) in [6.45, 7) is 0.921. The van der Waals surface area contributed by atoms with Gasteiger partial charge in [-0.3, -0.25) is 0 Å². The molecule has 7 heteroatoms. The minimum absolute atomic E-state index is 0. The van der Waals surface area contributed by atoms with Crippen molar-refractivity contribution in [1.29, 1.82) is 0 Å². The second-order valence-electron chi connectivity index (χ2n) is 5.72. The Labute approximate surface area is 165 Å². The predicted octanol–water partition coefficient (Wildman–Crippen LogP) is 3.44. The van der Waals surface area contributed by atoms with Gasteiger partial charge in [0.2, 0.25) is 0 Å². The van der Waals surface area contributed by atoms with E-state index in [1.54, 1.807) is 13.2 Å². The Kier molecular flexibility index (Phi) is 8.64. The van der Waals surface area contributed by atoms with Crippen LogP contribution in [0.3, 0.4) is 0 Å². The van der Waals surface area contributed by atoms with Crippen LogP contribution in [-0.2, 0) is 13.1 Å². The number of rotatable bonds is 6. The Morgan fingerprint density at radius 2 is 2.00 bits per heavy atom. The molecule has 0 saturated carbocycles. The van der Waals surface area contributed by atoms with Crippen molar-refractivity contribution in [3.63, 3.8) is 0 Å². The van der Waals surface area contributed by atoms with Crippen molar-refractivity contribution < 1.29 is 9.13 Å². The van der Waals surface area contributed by atoms with Crippen LogP contribution < -0.4 is 15.8 Å². The zero-order chi connectivity index (χ0) is 17.5. The van der Waals surface area contributed by atoms with Crippen LogP contribution in [0.4, 0.5) is 10.1 Å². The summed E-state index contributed by atoms with van der Waals surface area (Å²) >= 11 is 0. The SMILES string of the molecule is COc1cccc(NC(N)=NCc2ccc(F)c(CN(C)C)c2)c1.I. The molecule has 5 nitrogen and oxygen atoms in total. The Morgan fingerprint density at radius 3 is 2.68 bits per heavy atom. The van der Waals surface area contributed by atoms with Crippen molar-refractivity contribution in [2.24, 2.45) is 10.7 Å². The average molecular weight is 458 g/mol. The predicted molar refractivity (Wildman–Crippen MR) is 111 cm³/mol. The fourth-order valence-electron chi connectivity index (χ4n) is 2.25. The van der Waals surface area contributed by atoms with Gasteiger partial charge in [0.25, 0.3) is 0 Å². The summed E-state index contributed by atoms with van der Waals surface area (Å²) in [5, 5.41) is 3.01. The molecule has 0 fully saturated rings. The number of halogens is 2. The molecule has 0 amide bonds. The minimum Gasteiger partial charge on any atom is -0.497 e. The van der Waals surface area contributed by atoms with E-state index in [1.807, 2.05) is 49.3 Å². The van der Waals surface area contributed by atoms with Gasteiger partial charge in [0, 0.05) is 23.9 Å². The summed E-state index contributed by atoms with van der Waals surface area (Å²) in [6, 6.07) is 12.4. The molecule has 0 spiro atoms. The number of methoxy groups -OCH3 is 1. The van der Waals surface area contributed by atoms with Crippen LogP contribution in [0, 0.1) is 5.82 Å². The van der Waals surface area contributed by atoms with Crippen LogP contribution in [0.2, 0.25) is 0 Å². The molecule has 0 aliphatic carbocycles. The first-order valence-electron chi connectivity index (χ1n) is 7.61. The molecular formula is C18H24FIN4O. The molecule has 2 aromatic rings. The minimum atomic E-state index is -0.209. The number of ether oxygens (including phenoxy) is 1. The Morgan fingerprint density at radius 1 is 1.24 bits per heavy atom. The maximum absolute atomic E-state index is 13.8. The molecule has 3 N–H and O–H groups in total. The number of aliphatic imine (C=N–C) groups is 1. The second kappa shape index (κ2) is 10.2. The van der Waals surface area contributed by atoms with Gasteiger partial charge in [0.15, 0.2) is 5.96 Å². The first-order valence-corrected chi connectivity index (χ1v) is 7.61. The summed E-state index contributed by atoms with van der Waals surface area (Å²) in [4.78, 5) is 6.22. The van der Waals surface area contributed by atoms with Gasteiger partial charge in [0.1, 0.15) is 11.6 Å². The summed E-state index contributed by atoms with van der Waals surface area (Å²) < 4.78 is 18.9. The Balaban J connectivity index is 0.00000312. The van der Waals surface area contributed by atoms with E-state index >= 15 is 0 Å². The Bertz CT molecular complexity index is 722. The average Bonchev–Trinajstić information content (AvgIpc) is 2.55. The van der Waals surface area contributed by atoms with E-state index in [0.29, 0.717) is 24.6 Å². The molecule has 136 valence electrons. The quantitative estimate of drug-likeness (QED) is 0.396. The van der Waals surface area contributed by atoms with Gasteiger partial charge in [-0.25, -0.2) is 9.38 Å². The molecule has 0 saturated heterocycles. The summed E-state index contributed by atoms with van der Waals surface area (Å²) in [7, 11) is 5.41. The fraction of sp³-hybridized carbons (Fsp3) is 0.278. The van der Waals surface area contributed by atoms with Crippen LogP contribution in [0.1, 0.15) is 11.1 Å². The third kappa shape index (κ3) is 6.87. The fourth-order valence-corrected chi connectivity index (χ4v) is 2.25. The number of nitrogens with one attached hydrogen (secondary N) is 1. The largest absolute Gasteiger partial charge is 0.497 e. The van der Waals surface area contributed by atoms with Gasteiger partial charge in [-0.2, -0.15) is 0 Å². The van der Waals surface area contributed by atoms with E-state index < -0.39 is 0 Å². The smallest absolute Gasteiger partial charge is 0.193 e. The number of hydrogen-bond donors (Lipinski definition) is 2. The standard InChI is InChI=1S/C18H23FN4O.HI/c1-23(2)12-14-9-13(7-8-17(14)19)11-21-18(20)22-15-5-4-6-16(10-15)24-3;/h4-10H,11-12H2,1-3H3,(H3,20,21,22);1H. The van der Waals surface area contributed by atoms with E-state index in [0.717, 1.165) is 17.0 Å². The highest BCUT2D eigenvalue weighted by molar-refractivity contribution is 14.0. The highest BCUT2D eigenvalue weighted by atomic mass is 127. The lowest BCUT2D eigenvalue weighted by Gasteiger charge is -2.11. The molecular weight excluding hydrogens is 434 g/mol. The van der Waals surface area contributed by atoms with E-state index in [-0.39, 0.29) is 29.8 Å². The lowest BCUT2D eigenvalue weighted by atomic mass is 10.1. The van der Waals surface area contributed by atoms with Crippen molar-refractivity contribution >= 4 is 35.6 Å².